The van der Waals surface area contributed by atoms with Crippen LogP contribution in [0.3, 0.4) is 0 Å². The first-order chi connectivity index (χ1) is 9.74. The molecule has 104 valence electrons. The molecule has 7 nitrogen and oxygen atoms in total. The van der Waals surface area contributed by atoms with E-state index in [0.717, 1.165) is 5.56 Å². The summed E-state index contributed by atoms with van der Waals surface area (Å²) in [6, 6.07) is 6.87. The zero-order valence-corrected chi connectivity index (χ0v) is 11.1. The number of carbonyl (C=O) groups is 1. The molecule has 0 bridgehead atoms. The molecule has 0 atom stereocenters. The lowest BCUT2D eigenvalue weighted by Gasteiger charge is -2.07. The van der Waals surface area contributed by atoms with E-state index in [9.17, 15) is 4.79 Å². The lowest BCUT2D eigenvalue weighted by Crippen LogP contribution is -2.17. The molecular weight excluding hydrogens is 260 g/mol. The number of nitrogens with zero attached hydrogens (tertiary/aromatic N) is 2. The standard InChI is InChI=1S/C13H14N4O3/c1-19-11-4-3-9(7-12(11)20-2)8-15-17-13(18)10-5-6-14-16-10/h3-8H,1-2H3,(H,14,16)(H,17,18). The van der Waals surface area contributed by atoms with E-state index in [0.29, 0.717) is 17.2 Å². The molecule has 2 aromatic rings. The van der Waals surface area contributed by atoms with E-state index in [4.69, 9.17) is 9.47 Å². The minimum atomic E-state index is -0.362. The Morgan fingerprint density at radius 3 is 2.75 bits per heavy atom. The molecule has 20 heavy (non-hydrogen) atoms. The Labute approximate surface area is 115 Å². The van der Waals surface area contributed by atoms with Crippen molar-refractivity contribution in [1.29, 1.82) is 0 Å². The van der Waals surface area contributed by atoms with Gasteiger partial charge in [0.25, 0.3) is 5.91 Å². The fraction of sp³-hybridized carbons (Fsp3) is 0.154. The van der Waals surface area contributed by atoms with E-state index in [1.165, 1.54) is 12.4 Å². The number of hydrogen-bond donors (Lipinski definition) is 2. The second-order valence-electron chi connectivity index (χ2n) is 3.78. The highest BCUT2D eigenvalue weighted by Crippen LogP contribution is 2.26. The highest BCUT2D eigenvalue weighted by Gasteiger charge is 2.05. The molecule has 0 aliphatic heterocycles. The molecule has 0 saturated heterocycles. The van der Waals surface area contributed by atoms with Crippen LogP contribution in [0.25, 0.3) is 0 Å². The van der Waals surface area contributed by atoms with Crippen LogP contribution in [0.5, 0.6) is 11.5 Å². The maximum atomic E-state index is 11.6. The van der Waals surface area contributed by atoms with Gasteiger partial charge in [-0.05, 0) is 29.8 Å². The average molecular weight is 274 g/mol. The van der Waals surface area contributed by atoms with Crippen LogP contribution in [0.15, 0.2) is 35.6 Å². The normalized spacial score (nSPS) is 10.5. The van der Waals surface area contributed by atoms with Gasteiger partial charge in [-0.2, -0.15) is 10.2 Å². The van der Waals surface area contributed by atoms with Gasteiger partial charge in [-0.25, -0.2) is 5.43 Å². The molecule has 0 radical (unpaired) electrons. The van der Waals surface area contributed by atoms with Crippen LogP contribution in [0.2, 0.25) is 0 Å². The van der Waals surface area contributed by atoms with E-state index >= 15 is 0 Å². The zero-order chi connectivity index (χ0) is 14.4. The third kappa shape index (κ3) is 3.14. The summed E-state index contributed by atoms with van der Waals surface area (Å²) in [5, 5.41) is 10.1. The molecule has 7 heteroatoms. The van der Waals surface area contributed by atoms with Crippen molar-refractivity contribution in [2.75, 3.05) is 14.2 Å². The molecule has 0 unspecified atom stereocenters. The van der Waals surface area contributed by atoms with E-state index in [2.05, 4.69) is 20.7 Å². The Hall–Kier alpha value is -2.83. The molecule has 1 aromatic carbocycles. The van der Waals surface area contributed by atoms with E-state index in [1.807, 2.05) is 0 Å². The maximum absolute atomic E-state index is 11.6. The number of aromatic amines is 1. The summed E-state index contributed by atoms with van der Waals surface area (Å²) < 4.78 is 10.3. The molecule has 1 heterocycles. The molecular formula is C13H14N4O3. The van der Waals surface area contributed by atoms with Crippen molar-refractivity contribution < 1.29 is 14.3 Å². The largest absolute Gasteiger partial charge is 0.493 e. The first-order valence-electron chi connectivity index (χ1n) is 5.79. The summed E-state index contributed by atoms with van der Waals surface area (Å²) in [4.78, 5) is 11.6. The highest BCUT2D eigenvalue weighted by molar-refractivity contribution is 5.93. The monoisotopic (exact) mass is 274 g/mol. The Balaban J connectivity index is 2.03. The first kappa shape index (κ1) is 13.6. The Morgan fingerprint density at radius 2 is 2.10 bits per heavy atom. The maximum Gasteiger partial charge on any atom is 0.289 e. The first-order valence-corrected chi connectivity index (χ1v) is 5.79. The van der Waals surface area contributed by atoms with Crippen molar-refractivity contribution in [3.63, 3.8) is 0 Å². The third-order valence-electron chi connectivity index (χ3n) is 2.53. The molecule has 1 aromatic heterocycles. The van der Waals surface area contributed by atoms with Crippen molar-refractivity contribution in [1.82, 2.24) is 15.6 Å². The van der Waals surface area contributed by atoms with Gasteiger partial charge in [-0.15, -0.1) is 0 Å². The number of methoxy groups -OCH3 is 2. The van der Waals surface area contributed by atoms with Crippen LogP contribution in [0.1, 0.15) is 16.1 Å². The number of ether oxygens (including phenoxy) is 2. The number of amides is 1. The highest BCUT2D eigenvalue weighted by atomic mass is 16.5. The van der Waals surface area contributed by atoms with Crippen LogP contribution < -0.4 is 14.9 Å². The molecule has 1 amide bonds. The topological polar surface area (TPSA) is 88.6 Å². The lowest BCUT2D eigenvalue weighted by atomic mass is 10.2. The van der Waals surface area contributed by atoms with Gasteiger partial charge < -0.3 is 9.47 Å². The van der Waals surface area contributed by atoms with Crippen LogP contribution in [-0.4, -0.2) is 36.5 Å². The molecule has 0 aliphatic rings. The van der Waals surface area contributed by atoms with E-state index in [1.54, 1.807) is 38.5 Å². The van der Waals surface area contributed by atoms with Gasteiger partial charge in [0.1, 0.15) is 5.69 Å². The van der Waals surface area contributed by atoms with E-state index < -0.39 is 0 Å². The summed E-state index contributed by atoms with van der Waals surface area (Å²) in [6.45, 7) is 0. The van der Waals surface area contributed by atoms with Crippen LogP contribution in [-0.2, 0) is 0 Å². The van der Waals surface area contributed by atoms with E-state index in [-0.39, 0.29) is 5.91 Å². The number of rotatable bonds is 5. The molecule has 0 fully saturated rings. The number of benzene rings is 1. The minimum absolute atomic E-state index is 0.342. The predicted octanol–water partition coefficient (Wildman–Crippen LogP) is 1.19. The summed E-state index contributed by atoms with van der Waals surface area (Å²) in [6.07, 6.45) is 3.00. The Bertz CT molecular complexity index is 608. The minimum Gasteiger partial charge on any atom is -0.493 e. The fourth-order valence-corrected chi connectivity index (χ4v) is 1.54. The summed E-state index contributed by atoms with van der Waals surface area (Å²) in [5.74, 6) is 0.863. The number of nitrogens with one attached hydrogen (secondary N) is 2. The zero-order valence-electron chi connectivity index (χ0n) is 11.1. The SMILES string of the molecule is COc1ccc(C=NNC(=O)c2ccn[nH]2)cc1OC. The summed E-state index contributed by atoms with van der Waals surface area (Å²) >= 11 is 0. The fourth-order valence-electron chi connectivity index (χ4n) is 1.54. The third-order valence-corrected chi connectivity index (χ3v) is 2.53. The number of hydrazone groups is 1. The van der Waals surface area contributed by atoms with Gasteiger partial charge in [-0.3, -0.25) is 9.89 Å². The molecule has 0 aliphatic carbocycles. The van der Waals surface area contributed by atoms with Crippen LogP contribution >= 0.6 is 0 Å². The van der Waals surface area contributed by atoms with Gasteiger partial charge in [0.2, 0.25) is 0 Å². The molecule has 0 spiro atoms. The van der Waals surface area contributed by atoms with Crippen molar-refractivity contribution in [2.24, 2.45) is 5.10 Å². The molecule has 2 rings (SSSR count). The number of aromatic nitrogens is 2. The quantitative estimate of drug-likeness (QED) is 0.633. The predicted molar refractivity (Wildman–Crippen MR) is 73.2 cm³/mol. The number of hydrogen-bond acceptors (Lipinski definition) is 5. The van der Waals surface area contributed by atoms with Gasteiger partial charge in [0.15, 0.2) is 11.5 Å². The van der Waals surface area contributed by atoms with Crippen molar-refractivity contribution >= 4 is 12.1 Å². The molecule has 2 N–H and O–H groups in total. The van der Waals surface area contributed by atoms with Crippen molar-refractivity contribution in [2.45, 2.75) is 0 Å². The summed E-state index contributed by atoms with van der Waals surface area (Å²) in [7, 11) is 3.12. The van der Waals surface area contributed by atoms with Crippen LogP contribution in [0, 0.1) is 0 Å². The smallest absolute Gasteiger partial charge is 0.289 e. The number of H-pyrrole nitrogens is 1. The lowest BCUT2D eigenvalue weighted by molar-refractivity contribution is 0.0950. The Morgan fingerprint density at radius 1 is 1.30 bits per heavy atom. The van der Waals surface area contributed by atoms with Gasteiger partial charge in [0.05, 0.1) is 20.4 Å². The number of carbonyl (C=O) groups excluding carboxylic acids is 1. The molecule has 0 saturated carbocycles. The van der Waals surface area contributed by atoms with Crippen molar-refractivity contribution in [3.05, 3.63) is 41.7 Å². The van der Waals surface area contributed by atoms with Crippen LogP contribution in [0.4, 0.5) is 0 Å². The second-order valence-corrected chi connectivity index (χ2v) is 3.78. The Kier molecular flexibility index (Phi) is 4.33. The van der Waals surface area contributed by atoms with Gasteiger partial charge >= 0.3 is 0 Å². The second kappa shape index (κ2) is 6.37. The van der Waals surface area contributed by atoms with Gasteiger partial charge in [-0.1, -0.05) is 0 Å². The summed E-state index contributed by atoms with van der Waals surface area (Å²) in [5.41, 5.74) is 3.50. The van der Waals surface area contributed by atoms with Gasteiger partial charge in [0, 0.05) is 6.20 Å². The average Bonchev–Trinajstić information content (AvgIpc) is 3.01. The van der Waals surface area contributed by atoms with Crippen molar-refractivity contribution in [3.8, 4) is 11.5 Å².